The predicted octanol–water partition coefficient (Wildman–Crippen LogP) is 0.156. The molecular weight excluding hydrogens is 338 g/mol. The van der Waals surface area contributed by atoms with Crippen LogP contribution >= 0.6 is 11.8 Å². The van der Waals surface area contributed by atoms with Gasteiger partial charge < -0.3 is 14.8 Å². The van der Waals surface area contributed by atoms with Crippen LogP contribution in [-0.2, 0) is 19.4 Å². The first-order chi connectivity index (χ1) is 10.6. The largest absolute Gasteiger partial charge is 0.548 e. The van der Waals surface area contributed by atoms with Crippen molar-refractivity contribution in [1.29, 1.82) is 0 Å². The Bertz CT molecular complexity index is 814. The van der Waals surface area contributed by atoms with E-state index in [2.05, 4.69) is 0 Å². The SMILES string of the molecule is CC1(C)S[C@@H]2/C(=C\S(=O)(=O)c3ccccc3)C(=O)N2[C@H]1C(=O)[O-]. The van der Waals surface area contributed by atoms with E-state index in [0.29, 0.717) is 0 Å². The van der Waals surface area contributed by atoms with E-state index < -0.39 is 37.9 Å². The summed E-state index contributed by atoms with van der Waals surface area (Å²) in [6, 6.07) is 6.72. The number of carboxylic acids is 1. The minimum absolute atomic E-state index is 0.0949. The van der Waals surface area contributed by atoms with Gasteiger partial charge in [0.15, 0.2) is 9.84 Å². The summed E-state index contributed by atoms with van der Waals surface area (Å²) in [5, 5.41) is 11.7. The minimum Gasteiger partial charge on any atom is -0.548 e. The highest BCUT2D eigenvalue weighted by molar-refractivity contribution is 8.02. The van der Waals surface area contributed by atoms with Crippen molar-refractivity contribution in [3.63, 3.8) is 0 Å². The molecule has 0 spiro atoms. The molecule has 0 aromatic heterocycles. The van der Waals surface area contributed by atoms with Crippen LogP contribution in [0.5, 0.6) is 0 Å². The molecule has 0 saturated carbocycles. The highest BCUT2D eigenvalue weighted by atomic mass is 32.2. The first-order valence-electron chi connectivity index (χ1n) is 6.88. The molecule has 6 nitrogen and oxygen atoms in total. The van der Waals surface area contributed by atoms with Crippen molar-refractivity contribution in [2.75, 3.05) is 0 Å². The van der Waals surface area contributed by atoms with Crippen LogP contribution in [0.2, 0.25) is 0 Å². The second-order valence-electron chi connectivity index (χ2n) is 5.94. The first-order valence-corrected chi connectivity index (χ1v) is 9.31. The van der Waals surface area contributed by atoms with Gasteiger partial charge in [0.05, 0.1) is 22.5 Å². The van der Waals surface area contributed by atoms with E-state index in [1.807, 2.05) is 0 Å². The van der Waals surface area contributed by atoms with Crippen molar-refractivity contribution in [2.45, 2.75) is 34.9 Å². The molecule has 0 N–H and O–H groups in total. The molecule has 2 atom stereocenters. The summed E-state index contributed by atoms with van der Waals surface area (Å²) in [7, 11) is -3.75. The van der Waals surface area contributed by atoms with Gasteiger partial charge >= 0.3 is 0 Å². The number of sulfone groups is 1. The Morgan fingerprint density at radius 1 is 1.30 bits per heavy atom. The zero-order valence-corrected chi connectivity index (χ0v) is 14.1. The van der Waals surface area contributed by atoms with Crippen molar-refractivity contribution in [1.82, 2.24) is 4.90 Å². The Balaban J connectivity index is 1.96. The number of rotatable bonds is 3. The van der Waals surface area contributed by atoms with Crippen LogP contribution in [0.25, 0.3) is 0 Å². The van der Waals surface area contributed by atoms with Crippen molar-refractivity contribution >= 4 is 33.5 Å². The molecule has 3 rings (SSSR count). The summed E-state index contributed by atoms with van der Waals surface area (Å²) < 4.78 is 24.0. The molecule has 0 bridgehead atoms. The Kier molecular flexibility index (Phi) is 3.57. The molecule has 0 aliphatic carbocycles. The van der Waals surface area contributed by atoms with Crippen molar-refractivity contribution in [3.8, 4) is 0 Å². The maximum atomic E-state index is 12.4. The lowest BCUT2D eigenvalue weighted by Gasteiger charge is -2.40. The number of hydrogen-bond donors (Lipinski definition) is 0. The van der Waals surface area contributed by atoms with E-state index in [9.17, 15) is 23.1 Å². The summed E-state index contributed by atoms with van der Waals surface area (Å²) in [4.78, 5) is 24.8. The topological polar surface area (TPSA) is 94.6 Å². The van der Waals surface area contributed by atoms with Crippen molar-refractivity contribution in [3.05, 3.63) is 41.3 Å². The third-order valence-electron chi connectivity index (χ3n) is 3.93. The molecule has 1 aromatic carbocycles. The van der Waals surface area contributed by atoms with Crippen LogP contribution in [0.1, 0.15) is 13.8 Å². The summed E-state index contributed by atoms with van der Waals surface area (Å²) in [5.41, 5.74) is 0.107. The standard InChI is InChI=1S/C15H15NO5S2/c1-15(2)11(14(18)19)16-12(17)10(13(16)22-15)8-23(20,21)9-6-4-3-5-7-9/h3-8,11,13H,1-2H3,(H,18,19)/p-1/b10-8-/t11-,13+/m0/s1. The van der Waals surface area contributed by atoms with Crippen LogP contribution in [-0.4, -0.2) is 41.4 Å². The number of nitrogens with zero attached hydrogens (tertiary/aromatic N) is 1. The monoisotopic (exact) mass is 352 g/mol. The molecule has 23 heavy (non-hydrogen) atoms. The van der Waals surface area contributed by atoms with Gasteiger partial charge in [-0.05, 0) is 26.0 Å². The van der Waals surface area contributed by atoms with Crippen LogP contribution in [0.15, 0.2) is 46.2 Å². The first kappa shape index (κ1) is 16.1. The smallest absolute Gasteiger partial charge is 0.255 e. The van der Waals surface area contributed by atoms with Crippen LogP contribution in [0.3, 0.4) is 0 Å². The van der Waals surface area contributed by atoms with E-state index in [1.165, 1.54) is 28.8 Å². The minimum atomic E-state index is -3.75. The fraction of sp³-hybridized carbons (Fsp3) is 0.333. The summed E-state index contributed by atoms with van der Waals surface area (Å²) in [5.74, 6) is -1.90. The third-order valence-corrected chi connectivity index (χ3v) is 6.96. The highest BCUT2D eigenvalue weighted by Crippen LogP contribution is 2.53. The average molecular weight is 352 g/mol. The Morgan fingerprint density at radius 3 is 2.48 bits per heavy atom. The van der Waals surface area contributed by atoms with Crippen LogP contribution in [0, 0.1) is 0 Å². The zero-order valence-electron chi connectivity index (χ0n) is 12.4. The van der Waals surface area contributed by atoms with Gasteiger partial charge in [-0.25, -0.2) is 8.42 Å². The van der Waals surface area contributed by atoms with Crippen molar-refractivity contribution < 1.29 is 23.1 Å². The maximum absolute atomic E-state index is 12.4. The van der Waals surface area contributed by atoms with E-state index in [0.717, 1.165) is 5.41 Å². The molecule has 2 fully saturated rings. The van der Waals surface area contributed by atoms with E-state index in [-0.39, 0.29) is 10.5 Å². The average Bonchev–Trinajstić information content (AvgIpc) is 2.74. The van der Waals surface area contributed by atoms with Gasteiger partial charge in [0.25, 0.3) is 5.91 Å². The molecule has 2 aliphatic heterocycles. The number of thioether (sulfide) groups is 1. The number of carbonyl (C=O) groups excluding carboxylic acids is 2. The normalized spacial score (nSPS) is 27.7. The van der Waals surface area contributed by atoms with E-state index in [4.69, 9.17) is 0 Å². The lowest BCUT2D eigenvalue weighted by molar-refractivity contribution is -0.312. The van der Waals surface area contributed by atoms with Crippen LogP contribution < -0.4 is 5.11 Å². The lowest BCUT2D eigenvalue weighted by atomic mass is 9.96. The molecule has 0 unspecified atom stereocenters. The fourth-order valence-corrected chi connectivity index (χ4v) is 5.72. The number of fused-ring (bicyclic) bond motifs is 1. The van der Waals surface area contributed by atoms with Crippen LogP contribution in [0.4, 0.5) is 0 Å². The Hall–Kier alpha value is -1.80. The Morgan fingerprint density at radius 2 is 1.91 bits per heavy atom. The molecule has 2 heterocycles. The third kappa shape index (κ3) is 2.46. The lowest BCUT2D eigenvalue weighted by Crippen LogP contribution is -2.61. The summed E-state index contributed by atoms with van der Waals surface area (Å²) >= 11 is 1.25. The number of β-lactam (4-membered cyclic amide) rings is 1. The molecule has 1 amide bonds. The van der Waals surface area contributed by atoms with Gasteiger partial charge in [0.2, 0.25) is 0 Å². The summed E-state index contributed by atoms with van der Waals surface area (Å²) in [6.45, 7) is 3.40. The number of carboxylic acid groups (broad SMARTS) is 1. The zero-order chi connectivity index (χ0) is 17.0. The van der Waals surface area contributed by atoms with Crippen molar-refractivity contribution in [2.24, 2.45) is 0 Å². The predicted molar refractivity (Wildman–Crippen MR) is 82.8 cm³/mol. The fourth-order valence-electron chi connectivity index (χ4n) is 2.86. The van der Waals surface area contributed by atoms with Gasteiger partial charge in [-0.3, -0.25) is 4.79 Å². The second kappa shape index (κ2) is 5.10. The Labute approximate surface area is 138 Å². The molecular formula is C15H14NO5S2-. The number of benzene rings is 1. The maximum Gasteiger partial charge on any atom is 0.255 e. The molecule has 8 heteroatoms. The number of carbonyl (C=O) groups is 2. The number of aliphatic carboxylic acids is 1. The van der Waals surface area contributed by atoms with E-state index >= 15 is 0 Å². The number of hydrogen-bond acceptors (Lipinski definition) is 6. The number of amides is 1. The van der Waals surface area contributed by atoms with Gasteiger partial charge in [-0.1, -0.05) is 18.2 Å². The van der Waals surface area contributed by atoms with Gasteiger partial charge in [-0.2, -0.15) is 0 Å². The van der Waals surface area contributed by atoms with E-state index in [1.54, 1.807) is 32.0 Å². The highest BCUT2D eigenvalue weighted by Gasteiger charge is 2.59. The molecule has 0 radical (unpaired) electrons. The molecule has 1 aromatic rings. The molecule has 2 aliphatic rings. The van der Waals surface area contributed by atoms with Gasteiger partial charge in [0, 0.05) is 10.2 Å². The van der Waals surface area contributed by atoms with Gasteiger partial charge in [0.1, 0.15) is 5.37 Å². The summed E-state index contributed by atoms with van der Waals surface area (Å²) in [6.07, 6.45) is 0. The molecule has 122 valence electrons. The molecule has 2 saturated heterocycles. The quantitative estimate of drug-likeness (QED) is 0.568. The van der Waals surface area contributed by atoms with Gasteiger partial charge in [-0.15, -0.1) is 11.8 Å². The second-order valence-corrected chi connectivity index (χ2v) is 9.47.